The van der Waals surface area contributed by atoms with Gasteiger partial charge in [0, 0.05) is 5.38 Å². The second-order valence-corrected chi connectivity index (χ2v) is 5.75. The molecule has 4 heteroatoms. The van der Waals surface area contributed by atoms with Crippen LogP contribution in [0, 0.1) is 6.92 Å². The molecule has 3 rings (SSSR count). The minimum absolute atomic E-state index is 0.108. The van der Waals surface area contributed by atoms with E-state index in [1.165, 1.54) is 11.1 Å². The number of aryl methyl sites for hydroxylation is 1. The van der Waals surface area contributed by atoms with Crippen molar-refractivity contribution in [2.24, 2.45) is 0 Å². The lowest BCUT2D eigenvalue weighted by atomic mass is 10.1. The minimum Gasteiger partial charge on any atom is -0.353 e. The van der Waals surface area contributed by atoms with Gasteiger partial charge < -0.3 is 5.32 Å². The number of aromatic nitrogens is 1. The molecule has 1 aliphatic rings. The van der Waals surface area contributed by atoms with E-state index >= 15 is 0 Å². The number of benzene rings is 1. The maximum atomic E-state index is 6.41. The lowest BCUT2D eigenvalue weighted by molar-refractivity contribution is 0.770. The van der Waals surface area contributed by atoms with Gasteiger partial charge in [-0.3, -0.25) is 0 Å². The Hall–Kier alpha value is -1.06. The van der Waals surface area contributed by atoms with Crippen molar-refractivity contribution < 1.29 is 0 Å². The van der Waals surface area contributed by atoms with E-state index in [-0.39, 0.29) is 11.4 Å². The van der Waals surface area contributed by atoms with Crippen LogP contribution in [0.4, 0.5) is 5.13 Å². The molecule has 2 atom stereocenters. The first kappa shape index (κ1) is 11.1. The minimum atomic E-state index is 0.108. The molecule has 1 aromatic heterocycles. The van der Waals surface area contributed by atoms with E-state index in [0.29, 0.717) is 0 Å². The van der Waals surface area contributed by atoms with Crippen molar-refractivity contribution in [3.05, 3.63) is 46.5 Å². The third kappa shape index (κ3) is 2.05. The average molecular weight is 265 g/mol. The molecule has 2 nitrogen and oxygen atoms in total. The first-order valence-corrected chi connectivity index (χ1v) is 6.96. The summed E-state index contributed by atoms with van der Waals surface area (Å²) in [5, 5.41) is 6.55. The van der Waals surface area contributed by atoms with Crippen LogP contribution in [-0.4, -0.2) is 10.4 Å². The van der Waals surface area contributed by atoms with Crippen molar-refractivity contribution in [1.29, 1.82) is 0 Å². The van der Waals surface area contributed by atoms with E-state index in [2.05, 4.69) is 34.6 Å². The molecule has 2 aromatic rings. The van der Waals surface area contributed by atoms with E-state index in [4.69, 9.17) is 11.6 Å². The van der Waals surface area contributed by atoms with E-state index in [9.17, 15) is 0 Å². The maximum Gasteiger partial charge on any atom is 0.183 e. The maximum absolute atomic E-state index is 6.41. The SMILES string of the molecule is Cc1csc(NC2c3ccccc3CC2Cl)n1. The molecule has 0 saturated heterocycles. The van der Waals surface area contributed by atoms with Crippen LogP contribution in [0.15, 0.2) is 29.6 Å². The van der Waals surface area contributed by atoms with Gasteiger partial charge in [-0.15, -0.1) is 22.9 Å². The Labute approximate surface area is 110 Å². The number of rotatable bonds is 2. The van der Waals surface area contributed by atoms with E-state index in [1.54, 1.807) is 11.3 Å². The van der Waals surface area contributed by atoms with Crippen LogP contribution in [0.25, 0.3) is 0 Å². The van der Waals surface area contributed by atoms with Crippen LogP contribution in [0.3, 0.4) is 0 Å². The van der Waals surface area contributed by atoms with E-state index < -0.39 is 0 Å². The van der Waals surface area contributed by atoms with Crippen molar-refractivity contribution in [2.45, 2.75) is 24.8 Å². The fourth-order valence-electron chi connectivity index (χ4n) is 2.27. The summed E-state index contributed by atoms with van der Waals surface area (Å²) in [6.45, 7) is 2.00. The molecule has 1 N–H and O–H groups in total. The van der Waals surface area contributed by atoms with E-state index in [1.807, 2.05) is 12.3 Å². The summed E-state index contributed by atoms with van der Waals surface area (Å²) in [6, 6.07) is 8.61. The highest BCUT2D eigenvalue weighted by atomic mass is 35.5. The zero-order valence-corrected chi connectivity index (χ0v) is 11.1. The van der Waals surface area contributed by atoms with Crippen molar-refractivity contribution >= 4 is 28.1 Å². The Bertz CT molecular complexity index is 538. The molecule has 1 aromatic carbocycles. The number of halogens is 1. The molecule has 17 heavy (non-hydrogen) atoms. The van der Waals surface area contributed by atoms with Crippen LogP contribution in [0.5, 0.6) is 0 Å². The smallest absolute Gasteiger partial charge is 0.183 e. The molecule has 2 unspecified atom stereocenters. The molecule has 88 valence electrons. The number of hydrogen-bond acceptors (Lipinski definition) is 3. The average Bonchev–Trinajstić information content (AvgIpc) is 2.85. The van der Waals surface area contributed by atoms with Crippen LogP contribution < -0.4 is 5.32 Å². The van der Waals surface area contributed by atoms with Crippen LogP contribution >= 0.6 is 22.9 Å². The van der Waals surface area contributed by atoms with Gasteiger partial charge in [0.15, 0.2) is 5.13 Å². The summed E-state index contributed by atoms with van der Waals surface area (Å²) >= 11 is 8.05. The molecule has 0 spiro atoms. The zero-order chi connectivity index (χ0) is 11.8. The molecular weight excluding hydrogens is 252 g/mol. The normalized spacial score (nSPS) is 22.5. The van der Waals surface area contributed by atoms with Gasteiger partial charge in [-0.25, -0.2) is 4.98 Å². The summed E-state index contributed by atoms with van der Waals surface area (Å²) in [5.41, 5.74) is 3.70. The van der Waals surface area contributed by atoms with Gasteiger partial charge in [-0.05, 0) is 24.5 Å². The highest BCUT2D eigenvalue weighted by Crippen LogP contribution is 2.37. The fraction of sp³-hybridized carbons (Fsp3) is 0.308. The van der Waals surface area contributed by atoms with Gasteiger partial charge in [0.05, 0.1) is 17.1 Å². The molecule has 0 aliphatic heterocycles. The number of fused-ring (bicyclic) bond motifs is 1. The lowest BCUT2D eigenvalue weighted by Crippen LogP contribution is -2.16. The quantitative estimate of drug-likeness (QED) is 0.836. The molecule has 1 heterocycles. The number of nitrogens with zero attached hydrogens (tertiary/aromatic N) is 1. The Kier molecular flexibility index (Phi) is 2.81. The summed E-state index contributed by atoms with van der Waals surface area (Å²) < 4.78 is 0. The molecule has 0 amide bonds. The van der Waals surface area contributed by atoms with Gasteiger partial charge in [0.1, 0.15) is 0 Å². The third-order valence-electron chi connectivity index (χ3n) is 3.06. The fourth-order valence-corrected chi connectivity index (χ4v) is 3.36. The van der Waals surface area contributed by atoms with Crippen molar-refractivity contribution in [3.8, 4) is 0 Å². The lowest BCUT2D eigenvalue weighted by Gasteiger charge is -2.16. The van der Waals surface area contributed by atoms with Gasteiger partial charge in [-0.2, -0.15) is 0 Å². The van der Waals surface area contributed by atoms with Crippen molar-refractivity contribution in [1.82, 2.24) is 4.98 Å². The molecule has 1 aliphatic carbocycles. The van der Waals surface area contributed by atoms with E-state index in [0.717, 1.165) is 17.2 Å². The molecule has 0 saturated carbocycles. The number of alkyl halides is 1. The number of nitrogens with one attached hydrogen (secondary N) is 1. The summed E-state index contributed by atoms with van der Waals surface area (Å²) in [4.78, 5) is 4.43. The summed E-state index contributed by atoms with van der Waals surface area (Å²) in [7, 11) is 0. The number of hydrogen-bond donors (Lipinski definition) is 1. The first-order chi connectivity index (χ1) is 8.24. The summed E-state index contributed by atoms with van der Waals surface area (Å²) in [6.07, 6.45) is 0.930. The second kappa shape index (κ2) is 4.31. The second-order valence-electron chi connectivity index (χ2n) is 4.33. The summed E-state index contributed by atoms with van der Waals surface area (Å²) in [5.74, 6) is 0. The predicted molar refractivity (Wildman–Crippen MR) is 73.0 cm³/mol. The van der Waals surface area contributed by atoms with Crippen LogP contribution in [0.1, 0.15) is 22.9 Å². The van der Waals surface area contributed by atoms with Crippen molar-refractivity contribution in [3.63, 3.8) is 0 Å². The van der Waals surface area contributed by atoms with Gasteiger partial charge in [0.25, 0.3) is 0 Å². The van der Waals surface area contributed by atoms with Crippen LogP contribution in [0.2, 0.25) is 0 Å². The molecule has 0 bridgehead atoms. The van der Waals surface area contributed by atoms with Gasteiger partial charge in [0.2, 0.25) is 0 Å². The van der Waals surface area contributed by atoms with Gasteiger partial charge >= 0.3 is 0 Å². The molecule has 0 fully saturated rings. The third-order valence-corrected chi connectivity index (χ3v) is 4.36. The first-order valence-electron chi connectivity index (χ1n) is 5.64. The largest absolute Gasteiger partial charge is 0.353 e. The Balaban J connectivity index is 1.88. The standard InChI is InChI=1S/C13H13ClN2S/c1-8-7-17-13(15-8)16-12-10-5-3-2-4-9(10)6-11(12)14/h2-5,7,11-12H,6H2,1H3,(H,15,16). The Morgan fingerprint density at radius 2 is 2.24 bits per heavy atom. The molecular formula is C13H13ClN2S. The van der Waals surface area contributed by atoms with Crippen LogP contribution in [-0.2, 0) is 6.42 Å². The Morgan fingerprint density at radius 1 is 1.41 bits per heavy atom. The molecule has 0 radical (unpaired) electrons. The monoisotopic (exact) mass is 264 g/mol. The van der Waals surface area contributed by atoms with Gasteiger partial charge in [-0.1, -0.05) is 24.3 Å². The predicted octanol–water partition coefficient (Wildman–Crippen LogP) is 3.77. The highest BCUT2D eigenvalue weighted by Gasteiger charge is 2.31. The Morgan fingerprint density at radius 3 is 3.00 bits per heavy atom. The zero-order valence-electron chi connectivity index (χ0n) is 9.48. The highest BCUT2D eigenvalue weighted by molar-refractivity contribution is 7.13. The number of thiazole rings is 1. The van der Waals surface area contributed by atoms with Crippen molar-refractivity contribution in [2.75, 3.05) is 5.32 Å². The topological polar surface area (TPSA) is 24.9 Å². The number of anilines is 1.